The van der Waals surface area contributed by atoms with Gasteiger partial charge in [-0.15, -0.1) is 0 Å². The molecule has 0 radical (unpaired) electrons. The number of hydrogen-bond acceptors (Lipinski definition) is 2. The molecule has 0 aliphatic carbocycles. The van der Waals surface area contributed by atoms with Gasteiger partial charge in [0, 0.05) is 0 Å². The molecule has 2 heteroatoms. The van der Waals surface area contributed by atoms with Crippen LogP contribution in [0.25, 0.3) is 0 Å². The molecule has 1 atom stereocenters. The molecule has 0 aromatic heterocycles. The van der Waals surface area contributed by atoms with Gasteiger partial charge in [-0.25, -0.2) is 0 Å². The van der Waals surface area contributed by atoms with Crippen LogP contribution in [-0.4, -0.2) is 0 Å². The van der Waals surface area contributed by atoms with Crippen LogP contribution >= 0.6 is 0 Å². The van der Waals surface area contributed by atoms with Crippen molar-refractivity contribution >= 4 is 0 Å². The van der Waals surface area contributed by atoms with E-state index in [9.17, 15) is 4.91 Å². The van der Waals surface area contributed by atoms with Crippen molar-refractivity contribution in [1.29, 1.82) is 0 Å². The van der Waals surface area contributed by atoms with Crippen molar-refractivity contribution in [3.8, 4) is 0 Å². The number of hydrogen-bond donors (Lipinski definition) is 0. The second-order valence-corrected chi connectivity index (χ2v) is 3.60. The van der Waals surface area contributed by atoms with Crippen LogP contribution in [0, 0.1) is 4.91 Å². The summed E-state index contributed by atoms with van der Waals surface area (Å²) in [5.41, 5.74) is 2.28. The third kappa shape index (κ3) is 2.38. The first-order valence-electron chi connectivity index (χ1n) is 4.57. The molecule has 2 nitrogen and oxygen atoms in total. The normalized spacial score (nSPS) is 12.9. The number of nitrogens with zero attached hydrogens (tertiary/aromatic N) is 1. The van der Waals surface area contributed by atoms with Crippen molar-refractivity contribution in [1.82, 2.24) is 0 Å². The number of rotatable bonds is 3. The Labute approximate surface area is 79.0 Å². The van der Waals surface area contributed by atoms with Crippen LogP contribution in [0.15, 0.2) is 29.4 Å². The molecule has 0 fully saturated rings. The minimum atomic E-state index is -0.235. The van der Waals surface area contributed by atoms with E-state index in [-0.39, 0.29) is 6.04 Å². The van der Waals surface area contributed by atoms with E-state index in [1.165, 1.54) is 5.56 Å². The summed E-state index contributed by atoms with van der Waals surface area (Å²) >= 11 is 0. The monoisotopic (exact) mass is 177 g/mol. The van der Waals surface area contributed by atoms with E-state index in [0.717, 1.165) is 5.56 Å². The summed E-state index contributed by atoms with van der Waals surface area (Å²) in [6.45, 7) is 6.10. The predicted octanol–water partition coefficient (Wildman–Crippen LogP) is 3.64. The zero-order chi connectivity index (χ0) is 9.84. The molecule has 0 bridgehead atoms. The molecule has 0 heterocycles. The fourth-order valence-corrected chi connectivity index (χ4v) is 1.22. The van der Waals surface area contributed by atoms with Gasteiger partial charge in [0.2, 0.25) is 0 Å². The molecule has 0 saturated heterocycles. The number of benzene rings is 1. The van der Waals surface area contributed by atoms with Gasteiger partial charge in [0.25, 0.3) is 0 Å². The first-order valence-corrected chi connectivity index (χ1v) is 4.57. The van der Waals surface area contributed by atoms with E-state index in [2.05, 4.69) is 31.2 Å². The molecule has 1 aromatic rings. The maximum Gasteiger partial charge on any atom is 0.114 e. The van der Waals surface area contributed by atoms with Gasteiger partial charge in [0.1, 0.15) is 6.04 Å². The van der Waals surface area contributed by atoms with E-state index in [4.69, 9.17) is 0 Å². The largest absolute Gasteiger partial charge is 0.150 e. The summed E-state index contributed by atoms with van der Waals surface area (Å²) < 4.78 is 0. The molecule has 0 N–H and O–H groups in total. The fraction of sp³-hybridized carbons (Fsp3) is 0.455. The third-order valence-electron chi connectivity index (χ3n) is 2.24. The first kappa shape index (κ1) is 9.90. The maximum atomic E-state index is 10.3. The lowest BCUT2D eigenvalue weighted by molar-refractivity contribution is 0.805. The van der Waals surface area contributed by atoms with Crippen LogP contribution in [0.3, 0.4) is 0 Å². The Bertz CT molecular complexity index is 277. The van der Waals surface area contributed by atoms with Crippen molar-refractivity contribution in [2.24, 2.45) is 5.18 Å². The Balaban J connectivity index is 2.87. The van der Waals surface area contributed by atoms with E-state index >= 15 is 0 Å². The Hall–Kier alpha value is -1.18. The predicted molar refractivity (Wildman–Crippen MR) is 54.7 cm³/mol. The van der Waals surface area contributed by atoms with Crippen LogP contribution in [0.4, 0.5) is 0 Å². The molecule has 0 amide bonds. The molecular formula is C11H15NO. The van der Waals surface area contributed by atoms with Crippen LogP contribution in [0.1, 0.15) is 43.9 Å². The standard InChI is InChI=1S/C11H15NO/c1-8(2)10-4-6-11(7-5-10)9(3)12-13/h4-9H,1-3H3. The Morgan fingerprint density at radius 1 is 1.00 bits per heavy atom. The molecular weight excluding hydrogens is 162 g/mol. The summed E-state index contributed by atoms with van der Waals surface area (Å²) in [6, 6.07) is 7.83. The lowest BCUT2D eigenvalue weighted by Gasteiger charge is -2.07. The average Bonchev–Trinajstić information content (AvgIpc) is 2.17. The molecule has 1 aromatic carbocycles. The third-order valence-corrected chi connectivity index (χ3v) is 2.24. The summed E-state index contributed by atoms with van der Waals surface area (Å²) in [5, 5.41) is 2.98. The summed E-state index contributed by atoms with van der Waals surface area (Å²) in [6.07, 6.45) is 0. The van der Waals surface area contributed by atoms with Crippen molar-refractivity contribution in [3.05, 3.63) is 40.3 Å². The summed E-state index contributed by atoms with van der Waals surface area (Å²) in [7, 11) is 0. The van der Waals surface area contributed by atoms with Crippen LogP contribution in [0.5, 0.6) is 0 Å². The van der Waals surface area contributed by atoms with Crippen molar-refractivity contribution in [3.63, 3.8) is 0 Å². The van der Waals surface area contributed by atoms with E-state index in [0.29, 0.717) is 5.92 Å². The van der Waals surface area contributed by atoms with Gasteiger partial charge in [0.15, 0.2) is 0 Å². The topological polar surface area (TPSA) is 29.4 Å². The second kappa shape index (κ2) is 4.17. The minimum Gasteiger partial charge on any atom is -0.150 e. The van der Waals surface area contributed by atoms with Gasteiger partial charge < -0.3 is 0 Å². The van der Waals surface area contributed by atoms with Gasteiger partial charge >= 0.3 is 0 Å². The van der Waals surface area contributed by atoms with Crippen molar-refractivity contribution in [2.45, 2.75) is 32.7 Å². The maximum absolute atomic E-state index is 10.3. The van der Waals surface area contributed by atoms with Gasteiger partial charge in [-0.2, -0.15) is 4.91 Å². The second-order valence-electron chi connectivity index (χ2n) is 3.60. The molecule has 0 saturated carbocycles. The van der Waals surface area contributed by atoms with Gasteiger partial charge in [-0.05, 0) is 24.0 Å². The molecule has 0 aliphatic heterocycles. The highest BCUT2D eigenvalue weighted by Gasteiger charge is 2.04. The molecule has 70 valence electrons. The fourth-order valence-electron chi connectivity index (χ4n) is 1.22. The Morgan fingerprint density at radius 2 is 1.46 bits per heavy atom. The van der Waals surface area contributed by atoms with Crippen molar-refractivity contribution < 1.29 is 0 Å². The SMILES string of the molecule is CC(C)c1ccc(C(C)N=O)cc1. The first-order chi connectivity index (χ1) is 6.15. The Morgan fingerprint density at radius 3 is 1.85 bits per heavy atom. The van der Waals surface area contributed by atoms with Crippen molar-refractivity contribution in [2.75, 3.05) is 0 Å². The van der Waals surface area contributed by atoms with Gasteiger partial charge in [0.05, 0.1) is 0 Å². The van der Waals surface area contributed by atoms with Gasteiger partial charge in [-0.3, -0.25) is 0 Å². The number of nitroso groups, excluding NO2 is 1. The summed E-state index contributed by atoms with van der Waals surface area (Å²) in [4.78, 5) is 10.3. The smallest absolute Gasteiger partial charge is 0.114 e. The summed E-state index contributed by atoms with van der Waals surface area (Å²) in [5.74, 6) is 0.536. The molecule has 0 aliphatic rings. The lowest BCUT2D eigenvalue weighted by Crippen LogP contribution is -1.91. The van der Waals surface area contributed by atoms with Gasteiger partial charge in [-0.1, -0.05) is 43.3 Å². The van der Waals surface area contributed by atoms with Crippen LogP contribution < -0.4 is 0 Å². The highest BCUT2D eigenvalue weighted by atomic mass is 16.3. The Kier molecular flexibility index (Phi) is 3.18. The van der Waals surface area contributed by atoms with Crippen LogP contribution in [-0.2, 0) is 0 Å². The van der Waals surface area contributed by atoms with E-state index in [1.807, 2.05) is 12.1 Å². The highest BCUT2D eigenvalue weighted by Crippen LogP contribution is 2.20. The quantitative estimate of drug-likeness (QED) is 0.648. The molecule has 1 rings (SSSR count). The van der Waals surface area contributed by atoms with E-state index < -0.39 is 0 Å². The van der Waals surface area contributed by atoms with E-state index in [1.54, 1.807) is 6.92 Å². The van der Waals surface area contributed by atoms with Crippen LogP contribution in [0.2, 0.25) is 0 Å². The molecule has 1 unspecified atom stereocenters. The molecule has 0 spiro atoms. The molecule has 13 heavy (non-hydrogen) atoms. The lowest BCUT2D eigenvalue weighted by atomic mass is 10.00. The zero-order valence-corrected chi connectivity index (χ0v) is 8.32. The highest BCUT2D eigenvalue weighted by molar-refractivity contribution is 5.26. The average molecular weight is 177 g/mol. The minimum absolute atomic E-state index is 0.235. The zero-order valence-electron chi connectivity index (χ0n) is 8.32.